The molecule has 0 atom stereocenters. The zero-order valence-electron chi connectivity index (χ0n) is 20.6. The van der Waals surface area contributed by atoms with Gasteiger partial charge in [-0.25, -0.2) is 17.9 Å². The van der Waals surface area contributed by atoms with Crippen molar-refractivity contribution in [3.8, 4) is 17.1 Å². The molecule has 11 heteroatoms. The molecule has 0 unspecified atom stereocenters. The molecule has 0 aliphatic heterocycles. The normalized spacial score (nSPS) is 11.8. The second-order valence-electron chi connectivity index (χ2n) is 8.50. The summed E-state index contributed by atoms with van der Waals surface area (Å²) >= 11 is 0. The minimum Gasteiger partial charge on any atom is -0.493 e. The van der Waals surface area contributed by atoms with E-state index in [1.54, 1.807) is 37.4 Å². The lowest BCUT2D eigenvalue weighted by molar-refractivity contribution is 0.341. The van der Waals surface area contributed by atoms with Gasteiger partial charge in [0.25, 0.3) is 15.6 Å². The molecule has 10 nitrogen and oxygen atoms in total. The molecule has 3 heterocycles. The van der Waals surface area contributed by atoms with Gasteiger partial charge in [-0.15, -0.1) is 5.10 Å². The summed E-state index contributed by atoms with van der Waals surface area (Å²) in [6.07, 6.45) is 3.08. The van der Waals surface area contributed by atoms with Crippen LogP contribution in [0.25, 0.3) is 27.8 Å². The van der Waals surface area contributed by atoms with E-state index in [1.165, 1.54) is 16.6 Å². The minimum atomic E-state index is -4.02. The number of benzene rings is 2. The third kappa shape index (κ3) is 4.53. The number of H-pyrrole nitrogens is 1. The molecule has 2 aromatic carbocycles. The summed E-state index contributed by atoms with van der Waals surface area (Å²) in [6, 6.07) is 13.4. The number of para-hydroxylation sites is 1. The number of nitrogens with one attached hydrogen (secondary N) is 2. The predicted octanol–water partition coefficient (Wildman–Crippen LogP) is 4.09. The van der Waals surface area contributed by atoms with E-state index in [2.05, 4.69) is 24.8 Å². The molecule has 0 amide bonds. The van der Waals surface area contributed by atoms with Crippen molar-refractivity contribution in [1.29, 1.82) is 0 Å². The van der Waals surface area contributed by atoms with Crippen LogP contribution in [-0.4, -0.2) is 39.6 Å². The van der Waals surface area contributed by atoms with E-state index in [1.807, 2.05) is 26.0 Å². The van der Waals surface area contributed by atoms with Crippen LogP contribution in [0.5, 0.6) is 5.75 Å². The molecule has 0 aliphatic rings. The third-order valence-electron chi connectivity index (χ3n) is 5.91. The Morgan fingerprint density at radius 3 is 2.70 bits per heavy atom. The number of rotatable bonds is 8. The Balaban J connectivity index is 1.63. The van der Waals surface area contributed by atoms with Gasteiger partial charge in [0.2, 0.25) is 0 Å². The number of anilines is 1. The number of hydrogen-bond acceptors (Lipinski definition) is 7. The highest BCUT2D eigenvalue weighted by molar-refractivity contribution is 7.92. The Hall–Kier alpha value is -4.25. The first-order valence-corrected chi connectivity index (χ1v) is 13.4. The summed E-state index contributed by atoms with van der Waals surface area (Å²) in [4.78, 5) is 24.6. The van der Waals surface area contributed by atoms with Crippen molar-refractivity contribution in [3.63, 3.8) is 0 Å². The highest BCUT2D eigenvalue weighted by Gasteiger charge is 2.22. The van der Waals surface area contributed by atoms with E-state index < -0.39 is 10.0 Å². The van der Waals surface area contributed by atoms with Crippen molar-refractivity contribution in [3.05, 3.63) is 76.6 Å². The number of nitrogens with zero attached hydrogens (tertiary/aromatic N) is 4. The quantitative estimate of drug-likeness (QED) is 0.316. The Labute approximate surface area is 213 Å². The predicted molar refractivity (Wildman–Crippen MR) is 141 cm³/mol. The molecule has 2 N–H and O–H groups in total. The van der Waals surface area contributed by atoms with Crippen LogP contribution >= 0.6 is 0 Å². The van der Waals surface area contributed by atoms with Gasteiger partial charge in [0.1, 0.15) is 11.6 Å². The Morgan fingerprint density at radius 1 is 1.11 bits per heavy atom. The van der Waals surface area contributed by atoms with Gasteiger partial charge in [-0.2, -0.15) is 0 Å². The Bertz CT molecular complexity index is 1790. The van der Waals surface area contributed by atoms with Crippen molar-refractivity contribution in [2.45, 2.75) is 38.5 Å². The number of ether oxygens (including phenoxy) is 1. The number of fused-ring (bicyclic) bond motifs is 2. The first-order chi connectivity index (χ1) is 17.8. The fourth-order valence-corrected chi connectivity index (χ4v) is 5.37. The van der Waals surface area contributed by atoms with Crippen molar-refractivity contribution >= 4 is 32.1 Å². The van der Waals surface area contributed by atoms with Crippen LogP contribution in [-0.2, 0) is 16.4 Å². The van der Waals surface area contributed by atoms with Crippen molar-refractivity contribution in [2.24, 2.45) is 0 Å². The molecular weight excluding hydrogens is 492 g/mol. The van der Waals surface area contributed by atoms with Crippen LogP contribution in [0.3, 0.4) is 0 Å². The van der Waals surface area contributed by atoms with E-state index in [-0.39, 0.29) is 16.3 Å². The molecule has 37 heavy (non-hydrogen) atoms. The van der Waals surface area contributed by atoms with E-state index in [4.69, 9.17) is 4.74 Å². The number of pyridine rings is 1. The molecule has 190 valence electrons. The second kappa shape index (κ2) is 9.66. The van der Waals surface area contributed by atoms with E-state index in [0.717, 1.165) is 11.8 Å². The second-order valence-corrected chi connectivity index (χ2v) is 10.2. The van der Waals surface area contributed by atoms with Gasteiger partial charge in [-0.1, -0.05) is 25.1 Å². The lowest BCUT2D eigenvalue weighted by atomic mass is 10.2. The molecule has 0 aliphatic carbocycles. The number of sulfonamides is 1. The highest BCUT2D eigenvalue weighted by atomic mass is 32.2. The standard InChI is InChI=1S/C26H26N6O4S/c1-4-8-22-28-16(3)24-26(33)29-25(30-32(22)24)19-15-18(12-13-21(19)36-5-2)37(34,35)31-20-11-6-9-17-10-7-14-27-23(17)20/h6-7,9-15,31H,4-5,8H2,1-3H3,(H,29,30,33). The smallest absolute Gasteiger partial charge is 0.277 e. The third-order valence-corrected chi connectivity index (χ3v) is 7.27. The van der Waals surface area contributed by atoms with E-state index in [9.17, 15) is 13.2 Å². The molecule has 0 fully saturated rings. The lowest BCUT2D eigenvalue weighted by Crippen LogP contribution is -2.17. The van der Waals surface area contributed by atoms with Gasteiger partial charge in [0, 0.05) is 18.0 Å². The van der Waals surface area contributed by atoms with Gasteiger partial charge in [-0.3, -0.25) is 14.5 Å². The van der Waals surface area contributed by atoms with Crippen LogP contribution in [0.15, 0.2) is 64.4 Å². The summed E-state index contributed by atoms with van der Waals surface area (Å²) in [5, 5.41) is 5.44. The van der Waals surface area contributed by atoms with Gasteiger partial charge >= 0.3 is 0 Å². The van der Waals surface area contributed by atoms with Gasteiger partial charge in [0.15, 0.2) is 11.3 Å². The van der Waals surface area contributed by atoms with Crippen LogP contribution in [0, 0.1) is 6.92 Å². The first kappa shape index (κ1) is 24.4. The molecule has 0 bridgehead atoms. The fraction of sp³-hybridized carbons (Fsp3) is 0.231. The average molecular weight is 519 g/mol. The van der Waals surface area contributed by atoms with Crippen molar-refractivity contribution in [1.82, 2.24) is 24.6 Å². The van der Waals surface area contributed by atoms with Crippen molar-refractivity contribution < 1.29 is 13.2 Å². The summed E-state index contributed by atoms with van der Waals surface area (Å²) < 4.78 is 36.8. The summed E-state index contributed by atoms with van der Waals surface area (Å²) in [5.41, 5.74) is 1.81. The highest BCUT2D eigenvalue weighted by Crippen LogP contribution is 2.32. The molecular formula is C26H26N6O4S. The summed E-state index contributed by atoms with van der Waals surface area (Å²) in [6.45, 7) is 5.94. The van der Waals surface area contributed by atoms with E-state index >= 15 is 0 Å². The molecule has 0 saturated carbocycles. The molecule has 0 spiro atoms. The average Bonchev–Trinajstić information content (AvgIpc) is 3.20. The molecule has 0 saturated heterocycles. The van der Waals surface area contributed by atoms with Crippen molar-refractivity contribution in [2.75, 3.05) is 11.3 Å². The number of aromatic amines is 1. The van der Waals surface area contributed by atoms with Gasteiger partial charge in [-0.05, 0) is 50.6 Å². The van der Waals surface area contributed by atoms with Gasteiger partial charge < -0.3 is 9.72 Å². The zero-order valence-corrected chi connectivity index (χ0v) is 21.5. The first-order valence-electron chi connectivity index (χ1n) is 11.9. The molecule has 3 aromatic heterocycles. The number of aromatic nitrogens is 5. The Kier molecular flexibility index (Phi) is 6.38. The maximum absolute atomic E-state index is 13.4. The van der Waals surface area contributed by atoms with Crippen LogP contribution in [0.1, 0.15) is 31.8 Å². The maximum atomic E-state index is 13.4. The molecule has 5 rings (SSSR count). The maximum Gasteiger partial charge on any atom is 0.277 e. The van der Waals surface area contributed by atoms with Crippen LogP contribution in [0.2, 0.25) is 0 Å². The zero-order chi connectivity index (χ0) is 26.2. The SMILES string of the molecule is CCCc1nc(C)c2c(=O)[nH]c(-c3cc(S(=O)(=O)Nc4cccc5cccnc45)ccc3OCC)nn12. The fourth-order valence-electron chi connectivity index (χ4n) is 4.28. The monoisotopic (exact) mass is 518 g/mol. The van der Waals surface area contributed by atoms with Crippen LogP contribution < -0.4 is 15.0 Å². The number of hydrogen-bond donors (Lipinski definition) is 2. The summed E-state index contributed by atoms with van der Waals surface area (Å²) in [7, 11) is -4.02. The topological polar surface area (TPSA) is 131 Å². The van der Waals surface area contributed by atoms with Gasteiger partial charge in [0.05, 0.1) is 34.0 Å². The largest absolute Gasteiger partial charge is 0.493 e. The minimum absolute atomic E-state index is 0.0165. The summed E-state index contributed by atoms with van der Waals surface area (Å²) in [5.74, 6) is 1.23. The Morgan fingerprint density at radius 2 is 1.92 bits per heavy atom. The molecule has 0 radical (unpaired) electrons. The lowest BCUT2D eigenvalue weighted by Gasteiger charge is -2.14. The number of aryl methyl sites for hydroxylation is 2. The molecule has 5 aromatic rings. The van der Waals surface area contributed by atoms with E-state index in [0.29, 0.717) is 52.6 Å². The van der Waals surface area contributed by atoms with Crippen LogP contribution in [0.4, 0.5) is 5.69 Å². The number of imidazole rings is 1.